The minimum Gasteiger partial charge on any atom is -0.311 e. The van der Waals surface area contributed by atoms with Crippen LogP contribution in [0.25, 0.3) is 0 Å². The number of hydrazine groups is 1. The second kappa shape index (κ2) is 4.68. The Hall–Kier alpha value is -1.00. The Labute approximate surface area is 94.1 Å². The van der Waals surface area contributed by atoms with E-state index in [0.29, 0.717) is 5.25 Å². The zero-order chi connectivity index (χ0) is 10.7. The SMILES string of the molecule is CCN=C(NN)C1Cc2ccccc2S1. The molecule has 15 heavy (non-hydrogen) atoms. The van der Waals surface area contributed by atoms with Crippen molar-refractivity contribution in [3.05, 3.63) is 29.8 Å². The van der Waals surface area contributed by atoms with Crippen molar-refractivity contribution in [3.63, 3.8) is 0 Å². The molecule has 3 nitrogen and oxygen atoms in total. The predicted molar refractivity (Wildman–Crippen MR) is 65.1 cm³/mol. The highest BCUT2D eigenvalue weighted by atomic mass is 32.2. The molecule has 4 heteroatoms. The Bertz CT molecular complexity index is 351. The van der Waals surface area contributed by atoms with Crippen LogP contribution >= 0.6 is 11.8 Å². The van der Waals surface area contributed by atoms with Gasteiger partial charge in [0.15, 0.2) is 0 Å². The van der Waals surface area contributed by atoms with Gasteiger partial charge in [-0.2, -0.15) is 0 Å². The van der Waals surface area contributed by atoms with Crippen molar-refractivity contribution >= 4 is 17.6 Å². The van der Waals surface area contributed by atoms with E-state index in [2.05, 4.69) is 34.7 Å². The number of fused-ring (bicyclic) bond motifs is 1. The van der Waals surface area contributed by atoms with Crippen LogP contribution < -0.4 is 11.3 Å². The molecule has 1 aliphatic rings. The van der Waals surface area contributed by atoms with E-state index in [1.165, 1.54) is 10.5 Å². The van der Waals surface area contributed by atoms with Crippen LogP contribution in [0.4, 0.5) is 0 Å². The molecular weight excluding hydrogens is 206 g/mol. The fourth-order valence-corrected chi connectivity index (χ4v) is 3.03. The average molecular weight is 221 g/mol. The lowest BCUT2D eigenvalue weighted by atomic mass is 10.1. The van der Waals surface area contributed by atoms with Crippen LogP contribution in [0, 0.1) is 0 Å². The number of nitrogens with one attached hydrogen (secondary N) is 1. The van der Waals surface area contributed by atoms with Gasteiger partial charge in [0.05, 0.1) is 5.25 Å². The minimum atomic E-state index is 0.354. The normalized spacial score (nSPS) is 20.1. The highest BCUT2D eigenvalue weighted by Gasteiger charge is 2.25. The van der Waals surface area contributed by atoms with E-state index in [1.807, 2.05) is 18.7 Å². The number of aliphatic imine (C=N–C) groups is 1. The molecule has 1 heterocycles. The van der Waals surface area contributed by atoms with E-state index >= 15 is 0 Å². The fourth-order valence-electron chi connectivity index (χ4n) is 1.75. The third-order valence-corrected chi connectivity index (χ3v) is 3.76. The van der Waals surface area contributed by atoms with Crippen molar-refractivity contribution in [3.8, 4) is 0 Å². The Kier molecular flexibility index (Phi) is 3.28. The maximum atomic E-state index is 5.48. The molecule has 0 bridgehead atoms. The summed E-state index contributed by atoms with van der Waals surface area (Å²) in [6, 6.07) is 8.47. The molecule has 1 aliphatic heterocycles. The fraction of sp³-hybridized carbons (Fsp3) is 0.364. The van der Waals surface area contributed by atoms with Crippen LogP contribution in [-0.2, 0) is 6.42 Å². The third-order valence-electron chi connectivity index (χ3n) is 2.43. The molecule has 0 saturated heterocycles. The first-order chi connectivity index (χ1) is 7.35. The van der Waals surface area contributed by atoms with Gasteiger partial charge >= 0.3 is 0 Å². The molecule has 1 atom stereocenters. The minimum absolute atomic E-state index is 0.354. The first-order valence-corrected chi connectivity index (χ1v) is 5.98. The number of rotatable bonds is 2. The Morgan fingerprint density at radius 1 is 1.60 bits per heavy atom. The van der Waals surface area contributed by atoms with E-state index in [0.717, 1.165) is 18.8 Å². The molecule has 80 valence electrons. The summed E-state index contributed by atoms with van der Waals surface area (Å²) in [7, 11) is 0. The molecule has 1 unspecified atom stereocenters. The predicted octanol–water partition coefficient (Wildman–Crippen LogP) is 1.59. The lowest BCUT2D eigenvalue weighted by Gasteiger charge is -2.11. The maximum absolute atomic E-state index is 5.48. The largest absolute Gasteiger partial charge is 0.311 e. The number of hydrogen-bond acceptors (Lipinski definition) is 3. The van der Waals surface area contributed by atoms with Crippen molar-refractivity contribution in [1.29, 1.82) is 0 Å². The van der Waals surface area contributed by atoms with Crippen molar-refractivity contribution in [1.82, 2.24) is 5.43 Å². The van der Waals surface area contributed by atoms with E-state index in [9.17, 15) is 0 Å². The highest BCUT2D eigenvalue weighted by molar-refractivity contribution is 8.01. The molecule has 0 amide bonds. The van der Waals surface area contributed by atoms with Gasteiger partial charge in [-0.25, -0.2) is 5.84 Å². The van der Waals surface area contributed by atoms with Crippen molar-refractivity contribution in [2.75, 3.05) is 6.54 Å². The number of thioether (sulfide) groups is 1. The first kappa shape index (κ1) is 10.5. The summed E-state index contributed by atoms with van der Waals surface area (Å²) in [6.45, 7) is 2.79. The van der Waals surface area contributed by atoms with Crippen molar-refractivity contribution in [2.45, 2.75) is 23.5 Å². The second-order valence-corrected chi connectivity index (χ2v) is 4.67. The van der Waals surface area contributed by atoms with Crippen LogP contribution in [0.3, 0.4) is 0 Å². The van der Waals surface area contributed by atoms with Gasteiger partial charge in [0.1, 0.15) is 5.84 Å². The molecule has 0 saturated carbocycles. The lowest BCUT2D eigenvalue weighted by molar-refractivity contribution is 0.923. The Balaban J connectivity index is 2.15. The van der Waals surface area contributed by atoms with Crippen LogP contribution in [0.1, 0.15) is 12.5 Å². The van der Waals surface area contributed by atoms with Crippen molar-refractivity contribution in [2.24, 2.45) is 10.8 Å². The molecule has 3 N–H and O–H groups in total. The van der Waals surface area contributed by atoms with Gasteiger partial charge in [0.25, 0.3) is 0 Å². The summed E-state index contributed by atoms with van der Waals surface area (Å²) in [6.07, 6.45) is 1.02. The monoisotopic (exact) mass is 221 g/mol. The van der Waals surface area contributed by atoms with Crippen LogP contribution in [0.2, 0.25) is 0 Å². The Morgan fingerprint density at radius 2 is 2.40 bits per heavy atom. The second-order valence-electron chi connectivity index (χ2n) is 3.42. The number of amidine groups is 1. The van der Waals surface area contributed by atoms with Crippen LogP contribution in [-0.4, -0.2) is 17.6 Å². The van der Waals surface area contributed by atoms with E-state index in [1.54, 1.807) is 0 Å². The van der Waals surface area contributed by atoms with Gasteiger partial charge in [0, 0.05) is 11.4 Å². The van der Waals surface area contributed by atoms with E-state index in [-0.39, 0.29) is 0 Å². The number of nitrogens with two attached hydrogens (primary N) is 1. The molecule has 1 aromatic rings. The number of benzene rings is 1. The average Bonchev–Trinajstić information content (AvgIpc) is 2.69. The van der Waals surface area contributed by atoms with Gasteiger partial charge < -0.3 is 5.43 Å². The molecule has 0 spiro atoms. The zero-order valence-corrected chi connectivity index (χ0v) is 9.55. The molecule has 1 aromatic carbocycles. The summed E-state index contributed by atoms with van der Waals surface area (Å²) in [4.78, 5) is 5.72. The van der Waals surface area contributed by atoms with Gasteiger partial charge in [-0.3, -0.25) is 4.99 Å². The Morgan fingerprint density at radius 3 is 3.07 bits per heavy atom. The standard InChI is InChI=1S/C11H15N3S/c1-2-13-11(14-12)10-7-8-5-3-4-6-9(8)15-10/h3-6,10H,2,7,12H2,1H3,(H,13,14). The molecule has 0 aliphatic carbocycles. The quantitative estimate of drug-likeness (QED) is 0.345. The zero-order valence-electron chi connectivity index (χ0n) is 8.73. The first-order valence-electron chi connectivity index (χ1n) is 5.10. The van der Waals surface area contributed by atoms with E-state index < -0.39 is 0 Å². The van der Waals surface area contributed by atoms with Crippen LogP contribution in [0.15, 0.2) is 34.2 Å². The van der Waals surface area contributed by atoms with Gasteiger partial charge in [0.2, 0.25) is 0 Å². The molecule has 0 fully saturated rings. The molecule has 0 radical (unpaired) electrons. The highest BCUT2D eigenvalue weighted by Crippen LogP contribution is 2.36. The third kappa shape index (κ3) is 2.16. The van der Waals surface area contributed by atoms with Gasteiger partial charge in [-0.15, -0.1) is 11.8 Å². The summed E-state index contributed by atoms with van der Waals surface area (Å²) in [5, 5.41) is 0.354. The van der Waals surface area contributed by atoms with E-state index in [4.69, 9.17) is 5.84 Å². The lowest BCUT2D eigenvalue weighted by Crippen LogP contribution is -2.38. The van der Waals surface area contributed by atoms with Gasteiger partial charge in [-0.1, -0.05) is 18.2 Å². The number of nitrogens with zero attached hydrogens (tertiary/aromatic N) is 1. The molecule has 0 aromatic heterocycles. The summed E-state index contributed by atoms with van der Waals surface area (Å²) >= 11 is 1.84. The smallest absolute Gasteiger partial charge is 0.124 e. The topological polar surface area (TPSA) is 50.4 Å². The molecule has 2 rings (SSSR count). The maximum Gasteiger partial charge on any atom is 0.124 e. The summed E-state index contributed by atoms with van der Waals surface area (Å²) < 4.78 is 0. The number of hydrogen-bond donors (Lipinski definition) is 2. The van der Waals surface area contributed by atoms with Crippen molar-refractivity contribution < 1.29 is 0 Å². The van der Waals surface area contributed by atoms with Gasteiger partial charge in [-0.05, 0) is 25.0 Å². The summed E-state index contributed by atoms with van der Waals surface area (Å²) in [5.41, 5.74) is 4.10. The molecular formula is C11H15N3S. The van der Waals surface area contributed by atoms with Crippen LogP contribution in [0.5, 0.6) is 0 Å². The summed E-state index contributed by atoms with van der Waals surface area (Å²) in [5.74, 6) is 6.38.